The molecule has 0 heterocycles. The van der Waals surface area contributed by atoms with E-state index in [-0.39, 0.29) is 0 Å². The standard InChI is InChI=1S/2C25H22P.4ClH.Pt/c2*1-5-13-22(14-6-1)21-26(23-15-7-2-8-16-23,24-17-9-3-10-18-24)25-19-11-4-12-20-25;;;;;/h2*1-20H,21H2;4*1H;/q2*+1;;;;;+2/p-4. The van der Waals surface area contributed by atoms with E-state index in [4.69, 9.17) is 37.7 Å². The molecule has 8 rings (SSSR count). The monoisotopic (exact) mass is 1040 g/mol. The molecule has 0 unspecified atom stereocenters. The summed E-state index contributed by atoms with van der Waals surface area (Å²) in [5.41, 5.74) is 2.77. The zero-order valence-corrected chi connectivity index (χ0v) is 38.3. The average Bonchev–Trinajstić information content (AvgIpc) is 3.27. The van der Waals surface area contributed by atoms with Gasteiger partial charge in [-0.3, -0.25) is 0 Å². The van der Waals surface area contributed by atoms with Gasteiger partial charge in [-0.2, -0.15) is 0 Å². The minimum atomic E-state index is -3.06. The van der Waals surface area contributed by atoms with E-state index < -0.39 is 26.4 Å². The summed E-state index contributed by atoms with van der Waals surface area (Å²) in [7, 11) is 16.5. The van der Waals surface area contributed by atoms with E-state index >= 15 is 0 Å². The van der Waals surface area contributed by atoms with Gasteiger partial charge in [0.25, 0.3) is 0 Å². The first kappa shape index (κ1) is 43.1. The molecule has 0 atom stereocenters. The summed E-state index contributed by atoms with van der Waals surface area (Å²) in [5, 5.41) is 8.59. The number of hydrogen-bond acceptors (Lipinski definition) is 0. The van der Waals surface area contributed by atoms with Crippen LogP contribution >= 0.6 is 52.2 Å². The van der Waals surface area contributed by atoms with Crippen LogP contribution in [-0.4, -0.2) is 0 Å². The van der Waals surface area contributed by atoms with Crippen LogP contribution in [0.25, 0.3) is 0 Å². The van der Waals surface area contributed by atoms with Crippen LogP contribution in [0.4, 0.5) is 0 Å². The van der Waals surface area contributed by atoms with Gasteiger partial charge in [-0.25, -0.2) is 0 Å². The third kappa shape index (κ3) is 11.8. The predicted molar refractivity (Wildman–Crippen MR) is 254 cm³/mol. The van der Waals surface area contributed by atoms with Crippen molar-refractivity contribution in [3.63, 3.8) is 0 Å². The molecule has 0 aromatic heterocycles. The van der Waals surface area contributed by atoms with E-state index in [9.17, 15) is 0 Å². The molecule has 0 aliphatic carbocycles. The Kier molecular flexibility index (Phi) is 16.2. The van der Waals surface area contributed by atoms with Gasteiger partial charge in [0.2, 0.25) is 0 Å². The van der Waals surface area contributed by atoms with E-state index in [0.717, 1.165) is 12.3 Å². The Labute approximate surface area is 359 Å². The summed E-state index contributed by atoms with van der Waals surface area (Å²) >= 11 is -3.06. The Morgan fingerprint density at radius 3 is 0.544 bits per heavy atom. The fourth-order valence-corrected chi connectivity index (χ4v) is 15.7. The maximum absolute atomic E-state index is 5.01. The van der Waals surface area contributed by atoms with Crippen molar-refractivity contribution in [1.29, 1.82) is 0 Å². The molecular formula is C50H44Cl4P2Pt. The molecule has 0 aliphatic rings. The molecule has 0 nitrogen and oxygen atoms in total. The first-order valence-electron chi connectivity index (χ1n) is 18.4. The van der Waals surface area contributed by atoms with Gasteiger partial charge in [0, 0.05) is 0 Å². The molecule has 57 heavy (non-hydrogen) atoms. The summed E-state index contributed by atoms with van der Waals surface area (Å²) in [6, 6.07) is 88.1. The maximum Gasteiger partial charge on any atom is 0.116 e. The molecule has 0 spiro atoms. The number of halogens is 4. The SMILES string of the molecule is [Cl][Pt-2]([Cl])([Cl])[Cl].c1ccc(C[P+](c2ccccc2)(c2ccccc2)c2ccccc2)cc1.c1ccc(C[P+](c2ccccc2)(c2ccccc2)c2ccccc2)cc1. The first-order chi connectivity index (χ1) is 27.8. The number of hydrogen-bond donors (Lipinski definition) is 0. The van der Waals surface area contributed by atoms with Crippen molar-refractivity contribution in [2.45, 2.75) is 12.3 Å². The van der Waals surface area contributed by atoms with Gasteiger partial charge in [-0.05, 0) is 83.9 Å². The molecule has 0 bridgehead atoms. The predicted octanol–water partition coefficient (Wildman–Crippen LogP) is 13.1. The molecule has 0 N–H and O–H groups in total. The first-order valence-corrected chi connectivity index (χ1v) is 33.7. The molecule has 0 fully saturated rings. The largest absolute Gasteiger partial charge is 0.116 e. The summed E-state index contributed by atoms with van der Waals surface area (Å²) < 4.78 is 0. The molecule has 292 valence electrons. The van der Waals surface area contributed by atoms with E-state index in [1.54, 1.807) is 0 Å². The average molecular weight is 1040 g/mol. The molecule has 0 radical (unpaired) electrons. The maximum atomic E-state index is 5.01. The molecular weight excluding hydrogens is 999 g/mol. The van der Waals surface area contributed by atoms with Crippen LogP contribution in [0.15, 0.2) is 243 Å². The van der Waals surface area contributed by atoms with E-state index in [1.165, 1.54) is 43.0 Å². The summed E-state index contributed by atoms with van der Waals surface area (Å²) in [6.45, 7) is 0. The summed E-state index contributed by atoms with van der Waals surface area (Å²) in [6.07, 6.45) is 2.07. The van der Waals surface area contributed by atoms with Gasteiger partial charge >= 0.3 is 49.6 Å². The minimum absolute atomic E-state index is 1.03. The summed E-state index contributed by atoms with van der Waals surface area (Å²) in [4.78, 5) is 0. The normalized spacial score (nSPS) is 11.6. The van der Waals surface area contributed by atoms with Gasteiger partial charge in [0.1, 0.15) is 46.4 Å². The van der Waals surface area contributed by atoms with Crippen molar-refractivity contribution < 1.29 is 11.9 Å². The topological polar surface area (TPSA) is 0 Å². The van der Waals surface area contributed by atoms with Crippen molar-refractivity contribution in [3.8, 4) is 0 Å². The van der Waals surface area contributed by atoms with E-state index in [0.29, 0.717) is 0 Å². The van der Waals surface area contributed by atoms with Crippen LogP contribution < -0.4 is 31.8 Å². The second kappa shape index (κ2) is 21.5. The van der Waals surface area contributed by atoms with Crippen LogP contribution in [0.5, 0.6) is 0 Å². The van der Waals surface area contributed by atoms with Crippen molar-refractivity contribution in [2.75, 3.05) is 0 Å². The van der Waals surface area contributed by atoms with Crippen molar-refractivity contribution in [2.24, 2.45) is 0 Å². The fraction of sp³-hybridized carbons (Fsp3) is 0.0400. The van der Waals surface area contributed by atoms with Gasteiger partial charge in [0.15, 0.2) is 0 Å². The molecule has 0 saturated heterocycles. The van der Waals surface area contributed by atoms with E-state index in [2.05, 4.69) is 243 Å². The van der Waals surface area contributed by atoms with Crippen LogP contribution in [0.2, 0.25) is 0 Å². The van der Waals surface area contributed by atoms with Crippen molar-refractivity contribution in [3.05, 3.63) is 254 Å². The van der Waals surface area contributed by atoms with Gasteiger partial charge in [0.05, 0.1) is 12.3 Å². The molecule has 0 saturated carbocycles. The fourth-order valence-electron chi connectivity index (χ4n) is 7.25. The molecule has 0 aliphatic heterocycles. The van der Waals surface area contributed by atoms with Crippen molar-refractivity contribution >= 4 is 84.0 Å². The Hall–Kier alpha value is -3.53. The smallest absolute Gasteiger partial charge is 0.0622 e. The Balaban J connectivity index is 0.000000173. The zero-order chi connectivity index (χ0) is 39.8. The van der Waals surface area contributed by atoms with Crippen molar-refractivity contribution in [1.82, 2.24) is 0 Å². The van der Waals surface area contributed by atoms with Crippen LogP contribution in [0, 0.1) is 0 Å². The number of rotatable bonds is 10. The third-order valence-corrected chi connectivity index (χ3v) is 18.5. The molecule has 8 aromatic rings. The van der Waals surface area contributed by atoms with Crippen LogP contribution in [-0.2, 0) is 24.2 Å². The molecule has 7 heteroatoms. The van der Waals surface area contributed by atoms with Gasteiger partial charge < -0.3 is 0 Å². The minimum Gasteiger partial charge on any atom is -0.0622 e. The van der Waals surface area contributed by atoms with Crippen LogP contribution in [0.3, 0.4) is 0 Å². The second-order valence-electron chi connectivity index (χ2n) is 13.2. The summed E-state index contributed by atoms with van der Waals surface area (Å²) in [5.74, 6) is 0. The van der Waals surface area contributed by atoms with Crippen LogP contribution in [0.1, 0.15) is 11.1 Å². The second-order valence-corrected chi connectivity index (χ2v) is 39.9. The van der Waals surface area contributed by atoms with E-state index in [1.807, 2.05) is 0 Å². The number of benzene rings is 8. The van der Waals surface area contributed by atoms with Gasteiger partial charge in [-0.15, -0.1) is 0 Å². The molecule has 8 aromatic carbocycles. The molecule has 0 amide bonds. The third-order valence-electron chi connectivity index (χ3n) is 9.71. The Morgan fingerprint density at radius 2 is 0.386 bits per heavy atom. The zero-order valence-electron chi connectivity index (χ0n) is 31.2. The van der Waals surface area contributed by atoms with Gasteiger partial charge in [-0.1, -0.05) is 170 Å². The Morgan fingerprint density at radius 1 is 0.246 bits per heavy atom. The Bertz CT molecular complexity index is 1950. The quantitative estimate of drug-likeness (QED) is 0.120.